The number of carbonyl (C=O) groups is 1. The van der Waals surface area contributed by atoms with Crippen molar-refractivity contribution in [3.8, 4) is 0 Å². The fourth-order valence-corrected chi connectivity index (χ4v) is 3.87. The maximum atomic E-state index is 13.1. The summed E-state index contributed by atoms with van der Waals surface area (Å²) in [4.78, 5) is 24.0. The predicted octanol–water partition coefficient (Wildman–Crippen LogP) is 2.28. The van der Waals surface area contributed by atoms with Crippen LogP contribution in [0.15, 0.2) is 11.0 Å². The number of carboxylic acids is 1. The first-order chi connectivity index (χ1) is 11.2. The summed E-state index contributed by atoms with van der Waals surface area (Å²) in [6, 6.07) is 0.248. The first-order valence-corrected chi connectivity index (χ1v) is 8.50. The number of aromatic nitrogens is 3. The highest BCUT2D eigenvalue weighted by atomic mass is 16.4. The van der Waals surface area contributed by atoms with Crippen LogP contribution < -0.4 is 5.56 Å². The molecule has 1 saturated carbocycles. The second kappa shape index (κ2) is 5.51. The van der Waals surface area contributed by atoms with Crippen LogP contribution in [0.25, 0.3) is 11.0 Å². The van der Waals surface area contributed by atoms with Gasteiger partial charge < -0.3 is 5.11 Å². The largest absolute Gasteiger partial charge is 0.481 e. The second-order valence-electron chi connectivity index (χ2n) is 6.67. The van der Waals surface area contributed by atoms with Gasteiger partial charge in [0.05, 0.1) is 19.2 Å². The van der Waals surface area contributed by atoms with E-state index in [0.29, 0.717) is 6.54 Å². The van der Waals surface area contributed by atoms with Gasteiger partial charge in [0.2, 0.25) is 0 Å². The molecule has 6 nitrogen and oxygen atoms in total. The number of hydrogen-bond acceptors (Lipinski definition) is 3. The first kappa shape index (κ1) is 14.5. The summed E-state index contributed by atoms with van der Waals surface area (Å²) >= 11 is 0. The molecule has 6 heteroatoms. The third kappa shape index (κ3) is 2.28. The Morgan fingerprint density at radius 1 is 1.22 bits per heavy atom. The van der Waals surface area contributed by atoms with E-state index >= 15 is 0 Å². The molecule has 1 fully saturated rings. The predicted molar refractivity (Wildman–Crippen MR) is 85.8 cm³/mol. The van der Waals surface area contributed by atoms with Gasteiger partial charge in [-0.3, -0.25) is 14.2 Å². The Kier molecular flexibility index (Phi) is 3.47. The standard InChI is InChI=1S/C17H21N3O3/c21-15(22)8-9-19-16-14(10-18-19)12-6-1-2-7-13(12)17(23)20(16)11-4-3-5-11/h10-11H,1-9H2,(H,21,22). The van der Waals surface area contributed by atoms with E-state index in [-0.39, 0.29) is 18.0 Å². The smallest absolute Gasteiger partial charge is 0.305 e. The summed E-state index contributed by atoms with van der Waals surface area (Å²) < 4.78 is 3.63. The van der Waals surface area contributed by atoms with Crippen molar-refractivity contribution in [3.05, 3.63) is 27.7 Å². The molecule has 0 amide bonds. The monoisotopic (exact) mass is 315 g/mol. The van der Waals surface area contributed by atoms with Crippen LogP contribution >= 0.6 is 0 Å². The molecular weight excluding hydrogens is 294 g/mol. The molecule has 2 aromatic rings. The molecule has 2 heterocycles. The number of aliphatic carboxylic acids is 1. The van der Waals surface area contributed by atoms with Crippen molar-refractivity contribution in [2.24, 2.45) is 0 Å². The summed E-state index contributed by atoms with van der Waals surface area (Å²) in [6.07, 6.45) is 9.02. The van der Waals surface area contributed by atoms with Gasteiger partial charge in [-0.05, 0) is 50.5 Å². The zero-order valence-corrected chi connectivity index (χ0v) is 13.1. The van der Waals surface area contributed by atoms with Crippen molar-refractivity contribution in [1.82, 2.24) is 14.3 Å². The highest BCUT2D eigenvalue weighted by Gasteiger charge is 2.28. The molecule has 0 unspecified atom stereocenters. The fourth-order valence-electron chi connectivity index (χ4n) is 3.87. The van der Waals surface area contributed by atoms with Gasteiger partial charge in [0, 0.05) is 17.0 Å². The number of hydrogen-bond donors (Lipinski definition) is 1. The van der Waals surface area contributed by atoms with Crippen LogP contribution in [0.2, 0.25) is 0 Å². The molecule has 122 valence electrons. The van der Waals surface area contributed by atoms with E-state index in [1.54, 1.807) is 4.68 Å². The van der Waals surface area contributed by atoms with E-state index < -0.39 is 5.97 Å². The van der Waals surface area contributed by atoms with E-state index in [0.717, 1.165) is 67.1 Å². The highest BCUT2D eigenvalue weighted by Crippen LogP contribution is 2.35. The summed E-state index contributed by atoms with van der Waals surface area (Å²) in [5.74, 6) is -0.843. The Hall–Kier alpha value is -2.11. The molecule has 0 aromatic carbocycles. The lowest BCUT2D eigenvalue weighted by Gasteiger charge is -2.30. The van der Waals surface area contributed by atoms with E-state index in [2.05, 4.69) is 5.10 Å². The van der Waals surface area contributed by atoms with Gasteiger partial charge in [-0.1, -0.05) is 0 Å². The molecule has 2 aliphatic rings. The Morgan fingerprint density at radius 3 is 2.61 bits per heavy atom. The molecule has 0 saturated heterocycles. The molecule has 2 aromatic heterocycles. The zero-order chi connectivity index (χ0) is 16.0. The Balaban J connectivity index is 1.94. The van der Waals surface area contributed by atoms with E-state index in [9.17, 15) is 9.59 Å². The van der Waals surface area contributed by atoms with Crippen LogP contribution in [0.4, 0.5) is 0 Å². The number of aryl methyl sites for hydroxylation is 2. The van der Waals surface area contributed by atoms with Crippen molar-refractivity contribution in [2.75, 3.05) is 0 Å². The van der Waals surface area contributed by atoms with Crippen molar-refractivity contribution >= 4 is 17.0 Å². The molecule has 2 aliphatic carbocycles. The Morgan fingerprint density at radius 2 is 1.96 bits per heavy atom. The maximum absolute atomic E-state index is 13.1. The number of rotatable bonds is 4. The zero-order valence-electron chi connectivity index (χ0n) is 13.1. The number of pyridine rings is 1. The number of carboxylic acid groups (broad SMARTS) is 1. The molecule has 0 radical (unpaired) electrons. The quantitative estimate of drug-likeness (QED) is 0.939. The average molecular weight is 315 g/mol. The SMILES string of the molecule is O=C(O)CCn1ncc2c3c(c(=O)n(C4CCC4)c21)CCCC3. The van der Waals surface area contributed by atoms with Crippen LogP contribution in [0.5, 0.6) is 0 Å². The topological polar surface area (TPSA) is 77.1 Å². The van der Waals surface area contributed by atoms with Gasteiger partial charge in [0.25, 0.3) is 5.56 Å². The van der Waals surface area contributed by atoms with Gasteiger partial charge in [-0.25, -0.2) is 4.68 Å². The van der Waals surface area contributed by atoms with Crippen LogP contribution in [-0.2, 0) is 24.2 Å². The molecule has 0 spiro atoms. The lowest BCUT2D eigenvalue weighted by molar-refractivity contribution is -0.137. The van der Waals surface area contributed by atoms with E-state index in [4.69, 9.17) is 5.11 Å². The van der Waals surface area contributed by atoms with E-state index in [1.807, 2.05) is 10.8 Å². The molecule has 0 bridgehead atoms. The van der Waals surface area contributed by atoms with Gasteiger partial charge in [0.15, 0.2) is 0 Å². The average Bonchev–Trinajstić information content (AvgIpc) is 2.91. The van der Waals surface area contributed by atoms with Crippen molar-refractivity contribution in [2.45, 2.75) is 64.0 Å². The van der Waals surface area contributed by atoms with Gasteiger partial charge in [0.1, 0.15) is 5.65 Å². The Bertz CT molecular complexity index is 830. The highest BCUT2D eigenvalue weighted by molar-refractivity contribution is 5.81. The molecule has 0 aliphatic heterocycles. The molecule has 23 heavy (non-hydrogen) atoms. The lowest BCUT2D eigenvalue weighted by Crippen LogP contribution is -2.34. The van der Waals surface area contributed by atoms with Crippen LogP contribution in [0.3, 0.4) is 0 Å². The van der Waals surface area contributed by atoms with Gasteiger partial charge in [-0.2, -0.15) is 5.10 Å². The minimum Gasteiger partial charge on any atom is -0.481 e. The van der Waals surface area contributed by atoms with Crippen molar-refractivity contribution in [3.63, 3.8) is 0 Å². The van der Waals surface area contributed by atoms with E-state index in [1.165, 1.54) is 0 Å². The van der Waals surface area contributed by atoms with Crippen molar-refractivity contribution in [1.29, 1.82) is 0 Å². The minimum absolute atomic E-state index is 0.0206. The molecular formula is C17H21N3O3. The summed E-state index contributed by atoms with van der Waals surface area (Å²) in [5, 5.41) is 14.4. The van der Waals surface area contributed by atoms with Gasteiger partial charge in [-0.15, -0.1) is 0 Å². The molecule has 1 N–H and O–H groups in total. The van der Waals surface area contributed by atoms with Gasteiger partial charge >= 0.3 is 5.97 Å². The number of fused-ring (bicyclic) bond motifs is 3. The molecule has 0 atom stereocenters. The normalized spacial score (nSPS) is 17.9. The first-order valence-electron chi connectivity index (χ1n) is 8.50. The summed E-state index contributed by atoms with van der Waals surface area (Å²) in [5.41, 5.74) is 3.08. The van der Waals surface area contributed by atoms with Crippen LogP contribution in [0.1, 0.15) is 55.7 Å². The molecule has 4 rings (SSSR count). The van der Waals surface area contributed by atoms with Crippen LogP contribution in [0, 0.1) is 0 Å². The third-order valence-electron chi connectivity index (χ3n) is 5.29. The number of nitrogens with zero attached hydrogens (tertiary/aromatic N) is 3. The van der Waals surface area contributed by atoms with Crippen molar-refractivity contribution < 1.29 is 9.90 Å². The third-order valence-corrected chi connectivity index (χ3v) is 5.29. The fraction of sp³-hybridized carbons (Fsp3) is 0.588. The second-order valence-corrected chi connectivity index (χ2v) is 6.67. The van der Waals surface area contributed by atoms with Crippen LogP contribution in [-0.4, -0.2) is 25.4 Å². The summed E-state index contributed by atoms with van der Waals surface area (Å²) in [6.45, 7) is 0.309. The lowest BCUT2D eigenvalue weighted by atomic mass is 9.88. The maximum Gasteiger partial charge on any atom is 0.305 e. The minimum atomic E-state index is -0.843. The Labute approximate surface area is 133 Å². The summed E-state index contributed by atoms with van der Waals surface area (Å²) in [7, 11) is 0.